The van der Waals surface area contributed by atoms with Gasteiger partial charge in [0.2, 0.25) is 5.91 Å². The summed E-state index contributed by atoms with van der Waals surface area (Å²) in [5.41, 5.74) is 5.06. The molecule has 174 valence electrons. The fraction of sp³-hybridized carbons (Fsp3) is 0.280. The van der Waals surface area contributed by atoms with Gasteiger partial charge in [0, 0.05) is 17.8 Å². The second-order valence-corrected chi connectivity index (χ2v) is 9.21. The van der Waals surface area contributed by atoms with Crippen LogP contribution in [0.3, 0.4) is 0 Å². The van der Waals surface area contributed by atoms with E-state index in [2.05, 4.69) is 34.6 Å². The molecule has 1 atom stereocenters. The predicted molar refractivity (Wildman–Crippen MR) is 127 cm³/mol. The second-order valence-electron chi connectivity index (χ2n) is 8.35. The smallest absolute Gasteiger partial charge is 0.413 e. The number of carbonyl (C=O) groups is 3. The highest BCUT2D eigenvalue weighted by Crippen LogP contribution is 2.44. The molecule has 2 heterocycles. The number of aliphatic carboxylic acids is 1. The summed E-state index contributed by atoms with van der Waals surface area (Å²) in [7, 11) is 0. The summed E-state index contributed by atoms with van der Waals surface area (Å²) in [6.45, 7) is 0.632. The van der Waals surface area contributed by atoms with Crippen LogP contribution >= 0.6 is 11.3 Å². The van der Waals surface area contributed by atoms with Gasteiger partial charge in [-0.15, -0.1) is 11.3 Å². The van der Waals surface area contributed by atoms with Crippen LogP contribution in [0, 0.1) is 0 Å². The number of amides is 2. The predicted octanol–water partition coefficient (Wildman–Crippen LogP) is 4.12. The first-order valence-corrected chi connectivity index (χ1v) is 12.0. The monoisotopic (exact) mass is 477 g/mol. The first-order chi connectivity index (χ1) is 16.5. The number of ether oxygens (including phenoxy) is 1. The zero-order chi connectivity index (χ0) is 23.7. The summed E-state index contributed by atoms with van der Waals surface area (Å²) in [4.78, 5) is 42.0. The van der Waals surface area contributed by atoms with Gasteiger partial charge >= 0.3 is 12.1 Å². The molecular formula is C25H23N3O5S. The number of nitrogens with zero attached hydrogens (tertiary/aromatic N) is 2. The molecule has 34 heavy (non-hydrogen) atoms. The number of carbonyl (C=O) groups excluding carboxylic acids is 2. The van der Waals surface area contributed by atoms with Crippen LogP contribution in [-0.4, -0.2) is 52.2 Å². The molecule has 2 aliphatic rings. The molecule has 8 nitrogen and oxygen atoms in total. The molecule has 2 amide bonds. The van der Waals surface area contributed by atoms with Gasteiger partial charge in [-0.3, -0.25) is 10.1 Å². The number of thiazole rings is 1. The fourth-order valence-electron chi connectivity index (χ4n) is 4.75. The van der Waals surface area contributed by atoms with Crippen molar-refractivity contribution < 1.29 is 24.2 Å². The minimum absolute atomic E-state index is 0.00729. The van der Waals surface area contributed by atoms with E-state index in [9.17, 15) is 19.5 Å². The Labute approximate surface area is 200 Å². The Balaban J connectivity index is 1.18. The molecule has 9 heteroatoms. The molecule has 1 fully saturated rings. The molecule has 5 rings (SSSR count). The van der Waals surface area contributed by atoms with E-state index in [0.717, 1.165) is 22.3 Å². The van der Waals surface area contributed by atoms with Crippen molar-refractivity contribution in [1.82, 2.24) is 9.88 Å². The van der Waals surface area contributed by atoms with E-state index in [1.165, 1.54) is 16.2 Å². The van der Waals surface area contributed by atoms with Gasteiger partial charge < -0.3 is 14.7 Å². The number of carboxylic acid groups (broad SMARTS) is 1. The summed E-state index contributed by atoms with van der Waals surface area (Å²) in [6, 6.07) is 15.5. The van der Waals surface area contributed by atoms with E-state index >= 15 is 0 Å². The summed E-state index contributed by atoms with van der Waals surface area (Å²) < 4.78 is 5.53. The number of hydrogen-bond donors (Lipinski definition) is 2. The minimum atomic E-state index is -0.985. The van der Waals surface area contributed by atoms with Crippen molar-refractivity contribution in [2.75, 3.05) is 18.5 Å². The first kappa shape index (κ1) is 22.1. The Morgan fingerprint density at radius 3 is 2.44 bits per heavy atom. The lowest BCUT2D eigenvalue weighted by Gasteiger charge is -2.20. The summed E-state index contributed by atoms with van der Waals surface area (Å²) in [5, 5.41) is 13.9. The van der Waals surface area contributed by atoms with Crippen LogP contribution in [0.4, 0.5) is 9.93 Å². The van der Waals surface area contributed by atoms with Gasteiger partial charge in [-0.1, -0.05) is 48.5 Å². The number of aromatic nitrogens is 1. The number of hydrogen-bond acceptors (Lipinski definition) is 6. The van der Waals surface area contributed by atoms with Gasteiger partial charge in [-0.25, -0.2) is 14.6 Å². The molecule has 0 spiro atoms. The SMILES string of the molecule is O=C(Nc1nc(CC(=O)N2CCC[C@@H]2C(=O)O)cs1)OCC1c2ccccc2-c2ccccc21. The highest BCUT2D eigenvalue weighted by atomic mass is 32.1. The van der Waals surface area contributed by atoms with E-state index in [4.69, 9.17) is 4.74 Å². The average Bonchev–Trinajstić information content (AvgIpc) is 3.56. The molecule has 1 saturated heterocycles. The fourth-order valence-corrected chi connectivity index (χ4v) is 5.44. The Morgan fingerprint density at radius 1 is 1.09 bits per heavy atom. The number of anilines is 1. The molecule has 0 saturated carbocycles. The van der Waals surface area contributed by atoms with Crippen molar-refractivity contribution in [2.24, 2.45) is 0 Å². The van der Waals surface area contributed by atoms with Crippen LogP contribution in [-0.2, 0) is 20.7 Å². The summed E-state index contributed by atoms with van der Waals surface area (Å²) >= 11 is 1.19. The lowest BCUT2D eigenvalue weighted by Crippen LogP contribution is -2.41. The zero-order valence-electron chi connectivity index (χ0n) is 18.3. The molecule has 1 aliphatic carbocycles. The Bertz CT molecular complexity index is 1210. The quantitative estimate of drug-likeness (QED) is 0.553. The van der Waals surface area contributed by atoms with E-state index in [1.807, 2.05) is 24.3 Å². The number of likely N-dealkylation sites (tertiary alicyclic amines) is 1. The molecule has 1 aromatic heterocycles. The van der Waals surface area contributed by atoms with Crippen LogP contribution in [0.25, 0.3) is 11.1 Å². The summed E-state index contributed by atoms with van der Waals surface area (Å²) in [6.07, 6.45) is 0.521. The van der Waals surface area contributed by atoms with Gasteiger partial charge in [0.1, 0.15) is 12.6 Å². The van der Waals surface area contributed by atoms with Crippen LogP contribution in [0.5, 0.6) is 0 Å². The Kier molecular flexibility index (Phi) is 6.02. The third-order valence-corrected chi connectivity index (χ3v) is 7.10. The van der Waals surface area contributed by atoms with Crippen molar-refractivity contribution in [1.29, 1.82) is 0 Å². The third-order valence-electron chi connectivity index (χ3n) is 6.29. The van der Waals surface area contributed by atoms with Gasteiger partial charge in [-0.05, 0) is 35.1 Å². The highest BCUT2D eigenvalue weighted by Gasteiger charge is 2.34. The van der Waals surface area contributed by atoms with E-state index in [0.29, 0.717) is 30.2 Å². The maximum Gasteiger partial charge on any atom is 0.413 e. The number of carboxylic acids is 1. The number of fused-ring (bicyclic) bond motifs is 3. The molecule has 1 aliphatic heterocycles. The second kappa shape index (κ2) is 9.26. The van der Waals surface area contributed by atoms with Gasteiger partial charge in [0.05, 0.1) is 12.1 Å². The van der Waals surface area contributed by atoms with E-state index in [-0.39, 0.29) is 24.9 Å². The van der Waals surface area contributed by atoms with Crippen molar-refractivity contribution >= 4 is 34.4 Å². The van der Waals surface area contributed by atoms with E-state index in [1.54, 1.807) is 5.38 Å². The molecule has 3 aromatic rings. The normalized spacial score (nSPS) is 16.7. The first-order valence-electron chi connectivity index (χ1n) is 11.1. The van der Waals surface area contributed by atoms with Crippen molar-refractivity contribution in [3.8, 4) is 11.1 Å². The van der Waals surface area contributed by atoms with Crippen LogP contribution < -0.4 is 5.32 Å². The summed E-state index contributed by atoms with van der Waals surface area (Å²) in [5.74, 6) is -1.30. The largest absolute Gasteiger partial charge is 0.480 e. The Hall–Kier alpha value is -3.72. The van der Waals surface area contributed by atoms with Gasteiger partial charge in [0.15, 0.2) is 5.13 Å². The lowest BCUT2D eigenvalue weighted by molar-refractivity contribution is -0.148. The number of benzene rings is 2. The average molecular weight is 478 g/mol. The maximum absolute atomic E-state index is 12.5. The maximum atomic E-state index is 12.5. The van der Waals surface area contributed by atoms with Crippen molar-refractivity contribution in [3.05, 3.63) is 70.7 Å². The molecule has 0 unspecified atom stereocenters. The highest BCUT2D eigenvalue weighted by molar-refractivity contribution is 7.13. The Morgan fingerprint density at radius 2 is 1.76 bits per heavy atom. The molecule has 0 bridgehead atoms. The van der Waals surface area contributed by atoms with Crippen molar-refractivity contribution in [2.45, 2.75) is 31.2 Å². The van der Waals surface area contributed by atoms with Gasteiger partial charge in [-0.2, -0.15) is 0 Å². The molecule has 2 aromatic carbocycles. The molecule has 2 N–H and O–H groups in total. The topological polar surface area (TPSA) is 109 Å². The molecular weight excluding hydrogens is 454 g/mol. The molecule has 0 radical (unpaired) electrons. The third kappa shape index (κ3) is 4.26. The van der Waals surface area contributed by atoms with Crippen LogP contribution in [0.2, 0.25) is 0 Å². The standard InChI is InChI=1S/C25H23N3O5S/c29-22(28-11-5-10-21(28)23(30)31)12-15-14-34-24(26-15)27-25(32)33-13-20-18-8-3-1-6-16(18)17-7-2-4-9-19(17)20/h1-4,6-9,14,20-21H,5,10-13H2,(H,30,31)(H,26,27,32)/t21-/m1/s1. The lowest BCUT2D eigenvalue weighted by atomic mass is 9.98. The van der Waals surface area contributed by atoms with E-state index < -0.39 is 18.1 Å². The van der Waals surface area contributed by atoms with Crippen molar-refractivity contribution in [3.63, 3.8) is 0 Å². The minimum Gasteiger partial charge on any atom is -0.480 e. The zero-order valence-corrected chi connectivity index (χ0v) is 19.1. The van der Waals surface area contributed by atoms with Gasteiger partial charge in [0.25, 0.3) is 0 Å². The number of nitrogens with one attached hydrogen (secondary N) is 1. The van der Waals surface area contributed by atoms with Crippen LogP contribution in [0.1, 0.15) is 35.6 Å². The number of rotatable bonds is 6. The van der Waals surface area contributed by atoms with Crippen LogP contribution in [0.15, 0.2) is 53.9 Å².